The van der Waals surface area contributed by atoms with Crippen molar-refractivity contribution in [2.24, 2.45) is 5.92 Å². The van der Waals surface area contributed by atoms with Crippen LogP contribution in [0.4, 0.5) is 5.69 Å². The van der Waals surface area contributed by atoms with E-state index in [0.717, 1.165) is 42.5 Å². The average Bonchev–Trinajstić information content (AvgIpc) is 3.50. The van der Waals surface area contributed by atoms with Crippen LogP contribution >= 0.6 is 0 Å². The molecular weight excluding hydrogens is 426 g/mol. The molecule has 0 radical (unpaired) electrons. The molecule has 0 aromatic heterocycles. The Hall–Kier alpha value is -2.71. The Labute approximate surface area is 189 Å². The van der Waals surface area contributed by atoms with Gasteiger partial charge in [-0.25, -0.2) is 8.42 Å². The SMILES string of the molecule is O=C(CCc1ccc(S(=O)(=O)N2CCCC2)cc1)NCc1ccc(NC(=O)C2CC2)cc1. The molecule has 2 aromatic rings. The summed E-state index contributed by atoms with van der Waals surface area (Å²) in [4.78, 5) is 24.3. The van der Waals surface area contributed by atoms with Crippen LogP contribution in [0.5, 0.6) is 0 Å². The van der Waals surface area contributed by atoms with E-state index in [9.17, 15) is 18.0 Å². The van der Waals surface area contributed by atoms with Crippen molar-refractivity contribution < 1.29 is 18.0 Å². The molecule has 1 aliphatic carbocycles. The van der Waals surface area contributed by atoms with Gasteiger partial charge >= 0.3 is 0 Å². The van der Waals surface area contributed by atoms with Crippen molar-refractivity contribution in [2.45, 2.75) is 50.0 Å². The summed E-state index contributed by atoms with van der Waals surface area (Å²) < 4.78 is 26.7. The van der Waals surface area contributed by atoms with Crippen LogP contribution in [0.25, 0.3) is 0 Å². The summed E-state index contributed by atoms with van der Waals surface area (Å²) in [5, 5.41) is 5.80. The van der Waals surface area contributed by atoms with Gasteiger partial charge in [-0.3, -0.25) is 9.59 Å². The standard InChI is InChI=1S/C24H29N3O4S/c28-23(25-17-19-3-10-21(11-4-19)26-24(29)20-8-9-20)14-7-18-5-12-22(13-6-18)32(30,31)27-15-1-2-16-27/h3-6,10-13,20H,1-2,7-9,14-17H2,(H,25,28)(H,26,29). The first-order valence-corrected chi connectivity index (χ1v) is 12.6. The van der Waals surface area contributed by atoms with Crippen molar-refractivity contribution in [3.8, 4) is 0 Å². The number of hydrogen-bond donors (Lipinski definition) is 2. The summed E-state index contributed by atoms with van der Waals surface area (Å²) in [6.07, 6.45) is 4.63. The molecule has 1 aliphatic heterocycles. The molecule has 2 fully saturated rings. The summed E-state index contributed by atoms with van der Waals surface area (Å²) in [7, 11) is -3.41. The summed E-state index contributed by atoms with van der Waals surface area (Å²) in [5.41, 5.74) is 2.66. The van der Waals surface area contributed by atoms with Gasteiger partial charge in [0.15, 0.2) is 0 Å². The molecule has 8 heteroatoms. The Bertz CT molecular complexity index is 1060. The lowest BCUT2D eigenvalue weighted by atomic mass is 10.1. The first-order chi connectivity index (χ1) is 15.4. The lowest BCUT2D eigenvalue weighted by molar-refractivity contribution is -0.121. The third kappa shape index (κ3) is 5.75. The van der Waals surface area contributed by atoms with Crippen molar-refractivity contribution in [3.05, 3.63) is 59.7 Å². The van der Waals surface area contributed by atoms with Crippen molar-refractivity contribution in [2.75, 3.05) is 18.4 Å². The van der Waals surface area contributed by atoms with Gasteiger partial charge in [0, 0.05) is 37.7 Å². The molecule has 0 atom stereocenters. The maximum absolute atomic E-state index is 12.6. The molecule has 170 valence electrons. The molecule has 2 aliphatic rings. The molecular formula is C24H29N3O4S. The quantitative estimate of drug-likeness (QED) is 0.607. The van der Waals surface area contributed by atoms with Crippen LogP contribution < -0.4 is 10.6 Å². The number of carbonyl (C=O) groups is 2. The molecule has 0 bridgehead atoms. The number of sulfonamides is 1. The van der Waals surface area contributed by atoms with Crippen LogP contribution in [0, 0.1) is 5.92 Å². The van der Waals surface area contributed by atoms with Gasteiger partial charge in [0.05, 0.1) is 4.90 Å². The van der Waals surface area contributed by atoms with Gasteiger partial charge in [-0.15, -0.1) is 0 Å². The van der Waals surface area contributed by atoms with E-state index >= 15 is 0 Å². The van der Waals surface area contributed by atoms with E-state index in [-0.39, 0.29) is 17.7 Å². The number of carbonyl (C=O) groups excluding carboxylic acids is 2. The Morgan fingerprint density at radius 3 is 2.16 bits per heavy atom. The second kappa shape index (κ2) is 9.83. The van der Waals surface area contributed by atoms with Crippen molar-refractivity contribution in [1.29, 1.82) is 0 Å². The topological polar surface area (TPSA) is 95.6 Å². The maximum Gasteiger partial charge on any atom is 0.243 e. The zero-order valence-corrected chi connectivity index (χ0v) is 18.9. The molecule has 2 amide bonds. The van der Waals surface area contributed by atoms with Gasteiger partial charge in [0.1, 0.15) is 0 Å². The fraction of sp³-hybridized carbons (Fsp3) is 0.417. The van der Waals surface area contributed by atoms with E-state index in [2.05, 4.69) is 10.6 Å². The van der Waals surface area contributed by atoms with E-state index in [4.69, 9.17) is 0 Å². The van der Waals surface area contributed by atoms with Crippen molar-refractivity contribution in [1.82, 2.24) is 9.62 Å². The van der Waals surface area contributed by atoms with Gasteiger partial charge in [-0.1, -0.05) is 24.3 Å². The molecule has 32 heavy (non-hydrogen) atoms. The number of hydrogen-bond acceptors (Lipinski definition) is 4. The molecule has 1 heterocycles. The summed E-state index contributed by atoms with van der Waals surface area (Å²) in [5.74, 6) is 0.178. The monoisotopic (exact) mass is 455 g/mol. The normalized spacial score (nSPS) is 16.6. The minimum absolute atomic E-state index is 0.0649. The predicted octanol–water partition coefficient (Wildman–Crippen LogP) is 3.07. The van der Waals surface area contributed by atoms with Crippen molar-refractivity contribution in [3.63, 3.8) is 0 Å². The van der Waals surface area contributed by atoms with Crippen LogP contribution in [-0.4, -0.2) is 37.6 Å². The summed E-state index contributed by atoms with van der Waals surface area (Å²) >= 11 is 0. The molecule has 1 saturated heterocycles. The minimum Gasteiger partial charge on any atom is -0.352 e. The fourth-order valence-corrected chi connectivity index (χ4v) is 5.27. The zero-order valence-electron chi connectivity index (χ0n) is 18.0. The zero-order chi connectivity index (χ0) is 22.6. The predicted molar refractivity (Wildman–Crippen MR) is 122 cm³/mol. The van der Waals surface area contributed by atoms with Crippen LogP contribution in [-0.2, 0) is 32.6 Å². The van der Waals surface area contributed by atoms with E-state index in [1.165, 1.54) is 4.31 Å². The van der Waals surface area contributed by atoms with Crippen LogP contribution in [0.2, 0.25) is 0 Å². The smallest absolute Gasteiger partial charge is 0.243 e. The number of aryl methyl sites for hydroxylation is 1. The lowest BCUT2D eigenvalue weighted by Crippen LogP contribution is -2.27. The largest absolute Gasteiger partial charge is 0.352 e. The first-order valence-electron chi connectivity index (χ1n) is 11.2. The van der Waals surface area contributed by atoms with E-state index in [0.29, 0.717) is 37.4 Å². The lowest BCUT2D eigenvalue weighted by Gasteiger charge is -2.15. The molecule has 0 unspecified atom stereocenters. The molecule has 1 saturated carbocycles. The highest BCUT2D eigenvalue weighted by Gasteiger charge is 2.29. The summed E-state index contributed by atoms with van der Waals surface area (Å²) in [6.45, 7) is 1.59. The van der Waals surface area contributed by atoms with E-state index in [1.54, 1.807) is 24.3 Å². The second-order valence-electron chi connectivity index (χ2n) is 8.49. The maximum atomic E-state index is 12.6. The van der Waals surface area contributed by atoms with Gasteiger partial charge in [-0.2, -0.15) is 4.31 Å². The van der Waals surface area contributed by atoms with Crippen molar-refractivity contribution >= 4 is 27.5 Å². The molecule has 2 aromatic carbocycles. The number of amides is 2. The van der Waals surface area contributed by atoms with Crippen LogP contribution in [0.3, 0.4) is 0 Å². The van der Waals surface area contributed by atoms with E-state index < -0.39 is 10.0 Å². The minimum atomic E-state index is -3.41. The Morgan fingerprint density at radius 2 is 1.53 bits per heavy atom. The number of rotatable bonds is 9. The highest BCUT2D eigenvalue weighted by Crippen LogP contribution is 2.30. The van der Waals surface area contributed by atoms with Gasteiger partial charge < -0.3 is 10.6 Å². The van der Waals surface area contributed by atoms with Crippen LogP contribution in [0.1, 0.15) is 43.2 Å². The van der Waals surface area contributed by atoms with E-state index in [1.807, 2.05) is 24.3 Å². The highest BCUT2D eigenvalue weighted by molar-refractivity contribution is 7.89. The summed E-state index contributed by atoms with van der Waals surface area (Å²) in [6, 6.07) is 14.3. The van der Waals surface area contributed by atoms with Gasteiger partial charge in [-0.05, 0) is 67.5 Å². The Balaban J connectivity index is 1.21. The Morgan fingerprint density at radius 1 is 0.906 bits per heavy atom. The highest BCUT2D eigenvalue weighted by atomic mass is 32.2. The van der Waals surface area contributed by atoms with Gasteiger partial charge in [0.25, 0.3) is 0 Å². The fourth-order valence-electron chi connectivity index (χ4n) is 3.75. The number of nitrogens with zero attached hydrogens (tertiary/aromatic N) is 1. The van der Waals surface area contributed by atoms with Gasteiger partial charge in [0.2, 0.25) is 21.8 Å². The first kappa shape index (κ1) is 22.5. The number of nitrogens with one attached hydrogen (secondary N) is 2. The average molecular weight is 456 g/mol. The Kier molecular flexibility index (Phi) is 6.91. The molecule has 4 rings (SSSR count). The second-order valence-corrected chi connectivity index (χ2v) is 10.4. The van der Waals surface area contributed by atoms with Crippen LogP contribution in [0.15, 0.2) is 53.4 Å². The molecule has 2 N–H and O–H groups in total. The third-order valence-corrected chi connectivity index (χ3v) is 7.84. The molecule has 7 nitrogen and oxygen atoms in total. The third-order valence-electron chi connectivity index (χ3n) is 5.93. The molecule has 0 spiro atoms. The number of benzene rings is 2. The number of anilines is 1.